The van der Waals surface area contributed by atoms with Crippen molar-refractivity contribution >= 4 is 11.6 Å². The first kappa shape index (κ1) is 16.3. The van der Waals surface area contributed by atoms with Gasteiger partial charge in [-0.2, -0.15) is 13.2 Å². The highest BCUT2D eigenvalue weighted by Gasteiger charge is 2.36. The van der Waals surface area contributed by atoms with Crippen LogP contribution in [0.25, 0.3) is 0 Å². The molecule has 4 nitrogen and oxygen atoms in total. The Morgan fingerprint density at radius 2 is 1.71 bits per heavy atom. The zero-order chi connectivity index (χ0) is 17.2. The highest BCUT2D eigenvalue weighted by molar-refractivity contribution is 5.96. The van der Waals surface area contributed by atoms with Gasteiger partial charge >= 0.3 is 6.18 Å². The van der Waals surface area contributed by atoms with Crippen LogP contribution in [0.4, 0.5) is 18.9 Å². The second-order valence-corrected chi connectivity index (χ2v) is 5.53. The molecular formula is C17H16F3N3O. The highest BCUT2D eigenvalue weighted by atomic mass is 19.4. The van der Waals surface area contributed by atoms with Crippen molar-refractivity contribution < 1.29 is 18.0 Å². The Bertz CT molecular complexity index is 711. The third-order valence-corrected chi connectivity index (χ3v) is 4.04. The Kier molecular flexibility index (Phi) is 4.42. The van der Waals surface area contributed by atoms with E-state index in [1.54, 1.807) is 12.4 Å². The fraction of sp³-hybridized carbons (Fsp3) is 0.294. The Labute approximate surface area is 137 Å². The van der Waals surface area contributed by atoms with Crippen LogP contribution in [0.2, 0.25) is 0 Å². The minimum Gasteiger partial charge on any atom is -0.367 e. The minimum absolute atomic E-state index is 0.292. The van der Waals surface area contributed by atoms with Crippen LogP contribution in [0, 0.1) is 0 Å². The molecule has 126 valence electrons. The van der Waals surface area contributed by atoms with E-state index in [4.69, 9.17) is 0 Å². The summed E-state index contributed by atoms with van der Waals surface area (Å²) in [5.41, 5.74) is -0.232. The van der Waals surface area contributed by atoms with E-state index in [9.17, 15) is 18.0 Å². The van der Waals surface area contributed by atoms with E-state index in [1.165, 1.54) is 23.1 Å². The summed E-state index contributed by atoms with van der Waals surface area (Å²) in [5, 5.41) is 0. The lowest BCUT2D eigenvalue weighted by Crippen LogP contribution is -2.49. The molecule has 0 spiro atoms. The summed E-state index contributed by atoms with van der Waals surface area (Å²) in [6.45, 7) is 1.87. The van der Waals surface area contributed by atoms with Crippen molar-refractivity contribution in [1.82, 2.24) is 9.88 Å². The molecule has 1 aromatic heterocycles. The molecule has 1 aromatic carbocycles. The van der Waals surface area contributed by atoms with Gasteiger partial charge in [0.2, 0.25) is 0 Å². The van der Waals surface area contributed by atoms with Gasteiger partial charge in [0.15, 0.2) is 0 Å². The molecule has 2 heterocycles. The van der Waals surface area contributed by atoms with Crippen molar-refractivity contribution in [2.75, 3.05) is 31.1 Å². The van der Waals surface area contributed by atoms with Crippen molar-refractivity contribution in [3.8, 4) is 0 Å². The molecule has 1 aliphatic rings. The van der Waals surface area contributed by atoms with E-state index in [0.717, 1.165) is 11.8 Å². The normalized spacial score (nSPS) is 15.5. The van der Waals surface area contributed by atoms with Crippen LogP contribution >= 0.6 is 0 Å². The topological polar surface area (TPSA) is 36.4 Å². The number of alkyl halides is 3. The largest absolute Gasteiger partial charge is 0.417 e. The third kappa shape index (κ3) is 3.34. The lowest BCUT2D eigenvalue weighted by molar-refractivity contribution is -0.138. The van der Waals surface area contributed by atoms with Crippen LogP contribution in [0.1, 0.15) is 15.9 Å². The number of carbonyl (C=O) groups is 1. The van der Waals surface area contributed by atoms with Crippen LogP contribution in [-0.4, -0.2) is 42.0 Å². The summed E-state index contributed by atoms with van der Waals surface area (Å²) in [6, 6.07) is 8.67. The number of nitrogens with zero attached hydrogens (tertiary/aromatic N) is 3. The molecule has 0 atom stereocenters. The Morgan fingerprint density at radius 3 is 2.33 bits per heavy atom. The van der Waals surface area contributed by atoms with Crippen molar-refractivity contribution in [2.24, 2.45) is 0 Å². The number of amides is 1. The lowest BCUT2D eigenvalue weighted by atomic mass is 10.1. The summed E-state index contributed by atoms with van der Waals surface area (Å²) < 4.78 is 39.2. The number of hydrogen-bond donors (Lipinski definition) is 0. The SMILES string of the molecule is O=C(c1ccccc1C(F)(F)F)N1CCN(c2cccnc2)CC1. The van der Waals surface area contributed by atoms with Crippen molar-refractivity contribution in [3.05, 3.63) is 59.9 Å². The molecule has 1 fully saturated rings. The second-order valence-electron chi connectivity index (χ2n) is 5.53. The summed E-state index contributed by atoms with van der Waals surface area (Å²) >= 11 is 0. The van der Waals surface area contributed by atoms with Crippen LogP contribution in [0.3, 0.4) is 0 Å². The van der Waals surface area contributed by atoms with Crippen LogP contribution in [0.5, 0.6) is 0 Å². The molecule has 0 aliphatic carbocycles. The highest BCUT2D eigenvalue weighted by Crippen LogP contribution is 2.32. The van der Waals surface area contributed by atoms with E-state index in [1.807, 2.05) is 12.1 Å². The van der Waals surface area contributed by atoms with E-state index >= 15 is 0 Å². The number of halogens is 3. The van der Waals surface area contributed by atoms with Gasteiger partial charge in [-0.25, -0.2) is 0 Å². The standard InChI is InChI=1S/C17H16F3N3O/c18-17(19,20)15-6-2-1-5-14(15)16(24)23-10-8-22(9-11-23)13-4-3-7-21-12-13/h1-7,12H,8-11H2. The average Bonchev–Trinajstić information content (AvgIpc) is 2.61. The number of anilines is 1. The average molecular weight is 335 g/mol. The minimum atomic E-state index is -4.54. The maximum atomic E-state index is 13.1. The molecule has 0 bridgehead atoms. The number of carbonyl (C=O) groups excluding carboxylic acids is 1. The molecule has 0 N–H and O–H groups in total. The maximum absolute atomic E-state index is 13.1. The number of hydrogen-bond acceptors (Lipinski definition) is 3. The third-order valence-electron chi connectivity index (χ3n) is 4.04. The molecule has 2 aromatic rings. The van der Waals surface area contributed by atoms with E-state index < -0.39 is 17.6 Å². The molecular weight excluding hydrogens is 319 g/mol. The van der Waals surface area contributed by atoms with Crippen LogP contribution in [0.15, 0.2) is 48.8 Å². The summed E-state index contributed by atoms with van der Waals surface area (Å²) in [6.07, 6.45) is -1.13. The molecule has 0 unspecified atom stereocenters. The van der Waals surface area contributed by atoms with Gasteiger partial charge in [-0.3, -0.25) is 9.78 Å². The first-order valence-corrected chi connectivity index (χ1v) is 7.57. The van der Waals surface area contributed by atoms with Crippen molar-refractivity contribution in [1.29, 1.82) is 0 Å². The first-order chi connectivity index (χ1) is 11.5. The first-order valence-electron chi connectivity index (χ1n) is 7.57. The molecule has 0 radical (unpaired) electrons. The van der Waals surface area contributed by atoms with E-state index in [-0.39, 0.29) is 5.56 Å². The van der Waals surface area contributed by atoms with Gasteiger partial charge in [0.25, 0.3) is 5.91 Å². The Balaban J connectivity index is 1.72. The van der Waals surface area contributed by atoms with Crippen LogP contribution < -0.4 is 4.90 Å². The fourth-order valence-electron chi connectivity index (χ4n) is 2.80. The lowest BCUT2D eigenvalue weighted by Gasteiger charge is -2.36. The summed E-state index contributed by atoms with van der Waals surface area (Å²) in [7, 11) is 0. The van der Waals surface area contributed by atoms with Gasteiger partial charge in [-0.1, -0.05) is 12.1 Å². The van der Waals surface area contributed by atoms with E-state index in [2.05, 4.69) is 9.88 Å². The monoisotopic (exact) mass is 335 g/mol. The summed E-state index contributed by atoms with van der Waals surface area (Å²) in [5.74, 6) is -0.575. The van der Waals surface area contributed by atoms with Gasteiger partial charge in [0, 0.05) is 32.4 Å². The summed E-state index contributed by atoms with van der Waals surface area (Å²) in [4.78, 5) is 20.1. The molecule has 1 aliphatic heterocycles. The van der Waals surface area contributed by atoms with E-state index in [0.29, 0.717) is 26.2 Å². The quantitative estimate of drug-likeness (QED) is 0.846. The number of aromatic nitrogens is 1. The molecule has 1 saturated heterocycles. The van der Waals surface area contributed by atoms with Crippen molar-refractivity contribution in [2.45, 2.75) is 6.18 Å². The molecule has 3 rings (SSSR count). The second kappa shape index (κ2) is 6.51. The maximum Gasteiger partial charge on any atom is 0.417 e. The number of pyridine rings is 1. The molecule has 7 heteroatoms. The Hall–Kier alpha value is -2.57. The van der Waals surface area contributed by atoms with Gasteiger partial charge in [-0.05, 0) is 24.3 Å². The van der Waals surface area contributed by atoms with Gasteiger partial charge in [0.1, 0.15) is 0 Å². The molecule has 24 heavy (non-hydrogen) atoms. The predicted molar refractivity (Wildman–Crippen MR) is 83.8 cm³/mol. The van der Waals surface area contributed by atoms with Gasteiger partial charge < -0.3 is 9.80 Å². The van der Waals surface area contributed by atoms with Crippen molar-refractivity contribution in [3.63, 3.8) is 0 Å². The number of benzene rings is 1. The smallest absolute Gasteiger partial charge is 0.367 e. The predicted octanol–water partition coefficient (Wildman–Crippen LogP) is 3.06. The van der Waals surface area contributed by atoms with Gasteiger partial charge in [-0.15, -0.1) is 0 Å². The van der Waals surface area contributed by atoms with Gasteiger partial charge in [0.05, 0.1) is 23.0 Å². The molecule has 1 amide bonds. The number of piperazine rings is 1. The Morgan fingerprint density at radius 1 is 1.00 bits per heavy atom. The number of rotatable bonds is 2. The zero-order valence-electron chi connectivity index (χ0n) is 12.8. The fourth-order valence-corrected chi connectivity index (χ4v) is 2.80. The van der Waals surface area contributed by atoms with Crippen LogP contribution in [-0.2, 0) is 6.18 Å². The zero-order valence-corrected chi connectivity index (χ0v) is 12.8. The molecule has 0 saturated carbocycles.